The van der Waals surface area contributed by atoms with E-state index in [1.54, 1.807) is 18.2 Å². The van der Waals surface area contributed by atoms with Crippen molar-refractivity contribution >= 4 is 34.8 Å². The van der Waals surface area contributed by atoms with Crippen LogP contribution in [0.1, 0.15) is 37.3 Å². The molecule has 2 rings (SSSR count). The molecule has 0 fully saturated rings. The SMILES string of the molecule is CC/C(=N\NC(=O)CCCOc1ccc(Cl)cc1C)c1ccc(Cl)cc1. The lowest BCUT2D eigenvalue weighted by Crippen LogP contribution is -2.20. The van der Waals surface area contributed by atoms with Gasteiger partial charge in [0.1, 0.15) is 5.75 Å². The number of halogens is 2. The number of rotatable bonds is 8. The molecule has 0 spiro atoms. The third-order valence-corrected chi connectivity index (χ3v) is 4.26. The van der Waals surface area contributed by atoms with Crippen LogP contribution in [0.25, 0.3) is 0 Å². The molecule has 2 aromatic rings. The summed E-state index contributed by atoms with van der Waals surface area (Å²) in [6.45, 7) is 4.38. The van der Waals surface area contributed by atoms with Crippen molar-refractivity contribution in [2.75, 3.05) is 6.61 Å². The zero-order valence-corrected chi connectivity index (χ0v) is 16.4. The Balaban J connectivity index is 1.78. The number of benzene rings is 2. The molecule has 0 radical (unpaired) electrons. The number of carbonyl (C=O) groups excluding carboxylic acids is 1. The van der Waals surface area contributed by atoms with Crippen LogP contribution in [-0.4, -0.2) is 18.2 Å². The van der Waals surface area contributed by atoms with Crippen LogP contribution in [0, 0.1) is 6.92 Å². The second-order valence-electron chi connectivity index (χ2n) is 5.82. The van der Waals surface area contributed by atoms with Crippen LogP contribution in [0.5, 0.6) is 5.75 Å². The van der Waals surface area contributed by atoms with Gasteiger partial charge in [0.2, 0.25) is 5.91 Å². The smallest absolute Gasteiger partial charge is 0.240 e. The highest BCUT2D eigenvalue weighted by Crippen LogP contribution is 2.21. The van der Waals surface area contributed by atoms with Gasteiger partial charge in [-0.15, -0.1) is 0 Å². The average Bonchev–Trinajstić information content (AvgIpc) is 2.62. The third kappa shape index (κ3) is 6.36. The molecule has 0 aliphatic heterocycles. The fourth-order valence-corrected chi connectivity index (χ4v) is 2.72. The van der Waals surface area contributed by atoms with Crippen molar-refractivity contribution in [1.82, 2.24) is 5.43 Å². The minimum Gasteiger partial charge on any atom is -0.493 e. The minimum atomic E-state index is -0.138. The molecule has 1 amide bonds. The van der Waals surface area contributed by atoms with Gasteiger partial charge in [-0.3, -0.25) is 4.79 Å². The van der Waals surface area contributed by atoms with Gasteiger partial charge in [-0.2, -0.15) is 5.10 Å². The summed E-state index contributed by atoms with van der Waals surface area (Å²) in [6, 6.07) is 12.9. The van der Waals surface area contributed by atoms with E-state index in [1.807, 2.05) is 38.1 Å². The maximum absolute atomic E-state index is 12.0. The summed E-state index contributed by atoms with van der Waals surface area (Å²) < 4.78 is 5.68. The Kier molecular flexibility index (Phi) is 7.95. The average molecular weight is 393 g/mol. The van der Waals surface area contributed by atoms with E-state index in [9.17, 15) is 4.79 Å². The van der Waals surface area contributed by atoms with Gasteiger partial charge < -0.3 is 4.74 Å². The van der Waals surface area contributed by atoms with Gasteiger partial charge in [0.05, 0.1) is 12.3 Å². The number of carbonyl (C=O) groups is 1. The Morgan fingerprint density at radius 1 is 1.12 bits per heavy atom. The van der Waals surface area contributed by atoms with Crippen molar-refractivity contribution in [2.45, 2.75) is 33.1 Å². The Bertz CT molecular complexity index is 774. The molecule has 138 valence electrons. The molecular formula is C20H22Cl2N2O2. The minimum absolute atomic E-state index is 0.138. The lowest BCUT2D eigenvalue weighted by Gasteiger charge is -2.09. The first-order valence-electron chi connectivity index (χ1n) is 8.50. The first-order chi connectivity index (χ1) is 12.5. The fourth-order valence-electron chi connectivity index (χ4n) is 2.37. The predicted octanol–water partition coefficient (Wildman–Crippen LogP) is 5.39. The Morgan fingerprint density at radius 2 is 1.81 bits per heavy atom. The van der Waals surface area contributed by atoms with E-state index in [0.29, 0.717) is 35.9 Å². The maximum Gasteiger partial charge on any atom is 0.240 e. The molecule has 0 aliphatic rings. The lowest BCUT2D eigenvalue weighted by molar-refractivity contribution is -0.121. The molecule has 1 N–H and O–H groups in total. The number of ether oxygens (including phenoxy) is 1. The molecule has 0 bridgehead atoms. The standard InChI is InChI=1S/C20H22Cl2N2O2/c1-3-18(15-6-8-16(21)9-7-15)23-24-20(25)5-4-12-26-19-11-10-17(22)13-14(19)2/h6-11,13H,3-5,12H2,1-2H3,(H,24,25)/b23-18+. The lowest BCUT2D eigenvalue weighted by atomic mass is 10.1. The highest BCUT2D eigenvalue weighted by molar-refractivity contribution is 6.31. The molecule has 0 atom stereocenters. The number of nitrogens with zero attached hydrogens (tertiary/aromatic N) is 1. The highest BCUT2D eigenvalue weighted by atomic mass is 35.5. The van der Waals surface area contributed by atoms with Crippen molar-refractivity contribution in [3.8, 4) is 5.75 Å². The molecule has 6 heteroatoms. The van der Waals surface area contributed by atoms with E-state index in [0.717, 1.165) is 22.6 Å². The first kappa shape index (κ1) is 20.3. The van der Waals surface area contributed by atoms with Crippen LogP contribution in [0.15, 0.2) is 47.6 Å². The van der Waals surface area contributed by atoms with E-state index >= 15 is 0 Å². The molecule has 0 saturated carbocycles. The van der Waals surface area contributed by atoms with Crippen LogP contribution >= 0.6 is 23.2 Å². The zero-order chi connectivity index (χ0) is 18.9. The Labute approximate surface area is 164 Å². The van der Waals surface area contributed by atoms with E-state index in [4.69, 9.17) is 27.9 Å². The van der Waals surface area contributed by atoms with Crippen molar-refractivity contribution in [3.63, 3.8) is 0 Å². The fraction of sp³-hybridized carbons (Fsp3) is 0.300. The molecule has 0 heterocycles. The highest BCUT2D eigenvalue weighted by Gasteiger charge is 2.05. The van der Waals surface area contributed by atoms with Crippen LogP contribution in [0.2, 0.25) is 10.0 Å². The molecule has 0 unspecified atom stereocenters. The molecule has 26 heavy (non-hydrogen) atoms. The second kappa shape index (κ2) is 10.2. The summed E-state index contributed by atoms with van der Waals surface area (Å²) in [5, 5.41) is 5.57. The second-order valence-corrected chi connectivity index (χ2v) is 6.69. The third-order valence-electron chi connectivity index (χ3n) is 3.77. The van der Waals surface area contributed by atoms with Crippen LogP contribution in [0.3, 0.4) is 0 Å². The van der Waals surface area contributed by atoms with Gasteiger partial charge in [0, 0.05) is 16.5 Å². The van der Waals surface area contributed by atoms with Crippen molar-refractivity contribution < 1.29 is 9.53 Å². The van der Waals surface area contributed by atoms with E-state index < -0.39 is 0 Å². The number of hydrogen-bond donors (Lipinski definition) is 1. The molecule has 4 nitrogen and oxygen atoms in total. The summed E-state index contributed by atoms with van der Waals surface area (Å²) in [6.07, 6.45) is 1.65. The summed E-state index contributed by atoms with van der Waals surface area (Å²) in [7, 11) is 0. The van der Waals surface area contributed by atoms with E-state index in [2.05, 4.69) is 10.5 Å². The zero-order valence-electron chi connectivity index (χ0n) is 14.9. The number of hydrazone groups is 1. The number of amides is 1. The monoisotopic (exact) mass is 392 g/mol. The number of aryl methyl sites for hydroxylation is 1. The van der Waals surface area contributed by atoms with Gasteiger partial charge in [-0.25, -0.2) is 5.43 Å². The van der Waals surface area contributed by atoms with Gasteiger partial charge in [0.25, 0.3) is 0 Å². The van der Waals surface area contributed by atoms with Crippen LogP contribution < -0.4 is 10.2 Å². The quantitative estimate of drug-likeness (QED) is 0.371. The van der Waals surface area contributed by atoms with E-state index in [-0.39, 0.29) is 5.91 Å². The predicted molar refractivity (Wildman–Crippen MR) is 107 cm³/mol. The normalized spacial score (nSPS) is 11.3. The Morgan fingerprint density at radius 3 is 2.46 bits per heavy atom. The maximum atomic E-state index is 12.0. The summed E-state index contributed by atoms with van der Waals surface area (Å²) in [5.41, 5.74) is 5.33. The van der Waals surface area contributed by atoms with Crippen LogP contribution in [-0.2, 0) is 4.79 Å². The summed E-state index contributed by atoms with van der Waals surface area (Å²) in [5.74, 6) is 0.644. The molecule has 2 aromatic carbocycles. The summed E-state index contributed by atoms with van der Waals surface area (Å²) >= 11 is 11.8. The topological polar surface area (TPSA) is 50.7 Å². The van der Waals surface area contributed by atoms with Crippen molar-refractivity contribution in [2.24, 2.45) is 5.10 Å². The van der Waals surface area contributed by atoms with Crippen molar-refractivity contribution in [3.05, 3.63) is 63.6 Å². The Hall–Kier alpha value is -2.04. The van der Waals surface area contributed by atoms with Crippen LogP contribution in [0.4, 0.5) is 0 Å². The number of hydrogen-bond acceptors (Lipinski definition) is 3. The van der Waals surface area contributed by atoms with E-state index in [1.165, 1.54) is 0 Å². The molecule has 0 aliphatic carbocycles. The summed E-state index contributed by atoms with van der Waals surface area (Å²) in [4.78, 5) is 12.0. The first-order valence-corrected chi connectivity index (χ1v) is 9.25. The van der Waals surface area contributed by atoms with Crippen molar-refractivity contribution in [1.29, 1.82) is 0 Å². The molecule has 0 saturated heterocycles. The molecule has 0 aromatic heterocycles. The molecular weight excluding hydrogens is 371 g/mol. The van der Waals surface area contributed by atoms with Gasteiger partial charge in [-0.1, -0.05) is 42.3 Å². The van der Waals surface area contributed by atoms with Gasteiger partial charge >= 0.3 is 0 Å². The largest absolute Gasteiger partial charge is 0.493 e. The van der Waals surface area contributed by atoms with Gasteiger partial charge in [-0.05, 0) is 61.2 Å². The number of nitrogens with one attached hydrogen (secondary N) is 1. The van der Waals surface area contributed by atoms with Gasteiger partial charge in [0.15, 0.2) is 0 Å².